The van der Waals surface area contributed by atoms with E-state index in [0.29, 0.717) is 5.41 Å². The third kappa shape index (κ3) is 4.08. The van der Waals surface area contributed by atoms with Gasteiger partial charge in [-0.15, -0.1) is 0 Å². The molecule has 7 rings (SSSR count). The molecule has 0 aliphatic carbocycles. The second-order valence-electron chi connectivity index (χ2n) is 11.7. The zero-order valence-corrected chi connectivity index (χ0v) is 22.7. The standard InChI is InChI=1S/C35H32N4/c1-35(2,3)18-8-11-24-21-25(38-29-14-6-4-12-27(29)33-31(38)16-9-19-36-33)23-26(22-24)39-30-15-7-5-13-28(30)34-32(39)17-10-20-37-34/h4-7,9-10,12-17,19-23H,8,11,18H2,1-3H3. The topological polar surface area (TPSA) is 35.6 Å². The van der Waals surface area contributed by atoms with E-state index in [1.54, 1.807) is 0 Å². The highest BCUT2D eigenvalue weighted by molar-refractivity contribution is 6.08. The predicted octanol–water partition coefficient (Wildman–Crippen LogP) is 9.04. The fraction of sp³-hybridized carbons (Fsp3) is 0.200. The molecule has 0 fully saturated rings. The van der Waals surface area contributed by atoms with E-state index >= 15 is 0 Å². The molecule has 0 aliphatic heterocycles. The minimum atomic E-state index is 0.317. The zero-order valence-electron chi connectivity index (χ0n) is 22.7. The van der Waals surface area contributed by atoms with E-state index < -0.39 is 0 Å². The zero-order chi connectivity index (χ0) is 26.6. The molecule has 0 atom stereocenters. The first kappa shape index (κ1) is 23.7. The smallest absolute Gasteiger partial charge is 0.0963 e. The Balaban J connectivity index is 1.51. The maximum atomic E-state index is 4.77. The van der Waals surface area contributed by atoms with Crippen LogP contribution in [0.5, 0.6) is 0 Å². The summed E-state index contributed by atoms with van der Waals surface area (Å²) in [7, 11) is 0. The molecule has 4 heteroatoms. The van der Waals surface area contributed by atoms with E-state index in [1.165, 1.54) is 33.8 Å². The summed E-state index contributed by atoms with van der Waals surface area (Å²) in [6.45, 7) is 6.97. The van der Waals surface area contributed by atoms with Crippen molar-refractivity contribution < 1.29 is 0 Å². The lowest BCUT2D eigenvalue weighted by Crippen LogP contribution is -2.06. The van der Waals surface area contributed by atoms with Crippen LogP contribution >= 0.6 is 0 Å². The number of rotatable bonds is 5. The molecule has 3 aromatic carbocycles. The number of pyridine rings is 2. The van der Waals surface area contributed by atoms with Crippen molar-refractivity contribution in [1.29, 1.82) is 0 Å². The van der Waals surface area contributed by atoms with E-state index in [4.69, 9.17) is 9.97 Å². The van der Waals surface area contributed by atoms with Gasteiger partial charge in [0, 0.05) is 34.5 Å². The molecule has 0 amide bonds. The Kier molecular flexibility index (Phi) is 5.52. The van der Waals surface area contributed by atoms with Crippen molar-refractivity contribution in [3.8, 4) is 11.4 Å². The number of benzene rings is 3. The summed E-state index contributed by atoms with van der Waals surface area (Å²) in [4.78, 5) is 9.55. The molecule has 192 valence electrons. The van der Waals surface area contributed by atoms with Crippen molar-refractivity contribution in [3.05, 3.63) is 109 Å². The van der Waals surface area contributed by atoms with Crippen molar-refractivity contribution in [3.63, 3.8) is 0 Å². The lowest BCUT2D eigenvalue weighted by molar-refractivity contribution is 0.365. The number of aromatic nitrogens is 4. The Bertz CT molecular complexity index is 1750. The SMILES string of the molecule is CC(C)(C)CCCc1cc(-n2c3ccccc3c3ncccc32)cc(-n2c3ccccc3c3ncccc32)c1. The summed E-state index contributed by atoms with van der Waals surface area (Å²) in [5.41, 5.74) is 10.7. The first-order chi connectivity index (χ1) is 19.0. The van der Waals surface area contributed by atoms with Gasteiger partial charge in [-0.05, 0) is 84.8 Å². The van der Waals surface area contributed by atoms with Crippen LogP contribution < -0.4 is 0 Å². The molecule has 0 bridgehead atoms. The predicted molar refractivity (Wildman–Crippen MR) is 163 cm³/mol. The molecular formula is C35H32N4. The molecule has 0 radical (unpaired) electrons. The summed E-state index contributed by atoms with van der Waals surface area (Å²) in [6.07, 6.45) is 7.14. The van der Waals surface area contributed by atoms with Gasteiger partial charge in [-0.25, -0.2) is 0 Å². The molecule has 0 aliphatic rings. The van der Waals surface area contributed by atoms with E-state index in [2.05, 4.69) is 109 Å². The number of hydrogen-bond acceptors (Lipinski definition) is 2. The fourth-order valence-corrected chi connectivity index (χ4v) is 6.00. The van der Waals surface area contributed by atoms with Gasteiger partial charge in [0.2, 0.25) is 0 Å². The van der Waals surface area contributed by atoms with E-state index in [-0.39, 0.29) is 0 Å². The number of aryl methyl sites for hydroxylation is 1. The number of hydrogen-bond donors (Lipinski definition) is 0. The van der Waals surface area contributed by atoms with Crippen LogP contribution in [-0.4, -0.2) is 19.1 Å². The van der Waals surface area contributed by atoms with Crippen molar-refractivity contribution in [2.45, 2.75) is 40.0 Å². The van der Waals surface area contributed by atoms with Gasteiger partial charge >= 0.3 is 0 Å². The minimum Gasteiger partial charge on any atom is -0.308 e. The molecule has 4 heterocycles. The summed E-state index contributed by atoms with van der Waals surface area (Å²) in [5, 5.41) is 2.35. The van der Waals surface area contributed by atoms with Crippen LogP contribution in [0, 0.1) is 5.41 Å². The molecule has 4 aromatic heterocycles. The van der Waals surface area contributed by atoms with E-state index in [9.17, 15) is 0 Å². The highest BCUT2D eigenvalue weighted by Crippen LogP contribution is 2.35. The van der Waals surface area contributed by atoms with Gasteiger partial charge in [0.25, 0.3) is 0 Å². The average molecular weight is 509 g/mol. The van der Waals surface area contributed by atoms with Crippen LogP contribution in [0.2, 0.25) is 0 Å². The van der Waals surface area contributed by atoms with Crippen LogP contribution in [0.15, 0.2) is 103 Å². The lowest BCUT2D eigenvalue weighted by atomic mass is 9.89. The fourth-order valence-electron chi connectivity index (χ4n) is 6.00. The largest absolute Gasteiger partial charge is 0.308 e. The first-order valence-corrected chi connectivity index (χ1v) is 13.8. The monoisotopic (exact) mass is 508 g/mol. The van der Waals surface area contributed by atoms with Gasteiger partial charge in [-0.1, -0.05) is 57.2 Å². The highest BCUT2D eigenvalue weighted by atomic mass is 15.0. The van der Waals surface area contributed by atoms with Gasteiger partial charge in [-0.3, -0.25) is 9.97 Å². The van der Waals surface area contributed by atoms with Crippen LogP contribution in [0.3, 0.4) is 0 Å². The van der Waals surface area contributed by atoms with Gasteiger partial charge < -0.3 is 9.13 Å². The van der Waals surface area contributed by atoms with Crippen LogP contribution in [0.25, 0.3) is 55.2 Å². The van der Waals surface area contributed by atoms with Gasteiger partial charge in [0.05, 0.1) is 33.1 Å². The number of nitrogens with zero attached hydrogens (tertiary/aromatic N) is 4. The molecular weight excluding hydrogens is 476 g/mol. The number of fused-ring (bicyclic) bond motifs is 6. The summed E-state index contributed by atoms with van der Waals surface area (Å²) >= 11 is 0. The first-order valence-electron chi connectivity index (χ1n) is 13.8. The Morgan fingerprint density at radius 1 is 0.590 bits per heavy atom. The van der Waals surface area contributed by atoms with Gasteiger partial charge in [-0.2, -0.15) is 0 Å². The Labute approximate surface area is 228 Å². The third-order valence-corrected chi connectivity index (χ3v) is 7.73. The molecule has 0 saturated heterocycles. The Morgan fingerprint density at radius 3 is 1.59 bits per heavy atom. The van der Waals surface area contributed by atoms with Crippen LogP contribution in [0.4, 0.5) is 0 Å². The molecule has 0 saturated carbocycles. The summed E-state index contributed by atoms with van der Waals surface area (Å²) in [6, 6.07) is 32.7. The lowest BCUT2D eigenvalue weighted by Gasteiger charge is -2.19. The highest BCUT2D eigenvalue weighted by Gasteiger charge is 2.18. The van der Waals surface area contributed by atoms with Crippen molar-refractivity contribution in [1.82, 2.24) is 19.1 Å². The van der Waals surface area contributed by atoms with Crippen molar-refractivity contribution in [2.24, 2.45) is 5.41 Å². The van der Waals surface area contributed by atoms with Gasteiger partial charge in [0.1, 0.15) is 0 Å². The third-order valence-electron chi connectivity index (χ3n) is 7.73. The van der Waals surface area contributed by atoms with E-state index in [0.717, 1.165) is 46.3 Å². The Hall–Kier alpha value is -4.44. The second kappa shape index (κ2) is 9.09. The van der Waals surface area contributed by atoms with Crippen LogP contribution in [0.1, 0.15) is 39.2 Å². The molecule has 7 aromatic rings. The molecule has 39 heavy (non-hydrogen) atoms. The quantitative estimate of drug-likeness (QED) is 0.232. The summed E-state index contributed by atoms with van der Waals surface area (Å²) in [5.74, 6) is 0. The average Bonchev–Trinajstić information content (AvgIpc) is 3.45. The summed E-state index contributed by atoms with van der Waals surface area (Å²) < 4.78 is 4.75. The molecule has 0 N–H and O–H groups in total. The Morgan fingerprint density at radius 2 is 1.08 bits per heavy atom. The minimum absolute atomic E-state index is 0.317. The van der Waals surface area contributed by atoms with Crippen molar-refractivity contribution in [2.75, 3.05) is 0 Å². The molecule has 4 nitrogen and oxygen atoms in total. The normalized spacial score (nSPS) is 12.3. The maximum Gasteiger partial charge on any atom is 0.0963 e. The second-order valence-corrected chi connectivity index (χ2v) is 11.7. The molecule has 0 unspecified atom stereocenters. The molecule has 0 spiro atoms. The maximum absolute atomic E-state index is 4.77. The van der Waals surface area contributed by atoms with Gasteiger partial charge in [0.15, 0.2) is 0 Å². The van der Waals surface area contributed by atoms with E-state index in [1.807, 2.05) is 24.5 Å². The van der Waals surface area contributed by atoms with Crippen molar-refractivity contribution >= 4 is 43.9 Å². The van der Waals surface area contributed by atoms with Crippen LogP contribution in [-0.2, 0) is 6.42 Å². The number of para-hydroxylation sites is 2.